The van der Waals surface area contributed by atoms with E-state index >= 15 is 0 Å². The summed E-state index contributed by atoms with van der Waals surface area (Å²) in [7, 11) is 0. The Morgan fingerprint density at radius 3 is 1.32 bits per heavy atom. The molecule has 0 spiro atoms. The Morgan fingerprint density at radius 2 is 1.00 bits per heavy atom. The molecule has 0 heterocycles. The van der Waals surface area contributed by atoms with Crippen LogP contribution >= 0.6 is 0 Å². The van der Waals surface area contributed by atoms with Gasteiger partial charge in [0.1, 0.15) is 11.4 Å². The summed E-state index contributed by atoms with van der Waals surface area (Å²) in [6.07, 6.45) is -9.58. The van der Waals surface area contributed by atoms with E-state index < -0.39 is 44.7 Å². The first-order valence-electron chi connectivity index (χ1n) is 9.11. The molecule has 0 saturated carbocycles. The van der Waals surface area contributed by atoms with Crippen molar-refractivity contribution in [3.8, 4) is 0 Å². The number of benzene rings is 3. The quantitative estimate of drug-likeness (QED) is 0.220. The van der Waals surface area contributed by atoms with Crippen LogP contribution in [0.1, 0.15) is 11.1 Å². The molecule has 2 N–H and O–H groups in total. The van der Waals surface area contributed by atoms with Crippen LogP contribution in [0.5, 0.6) is 0 Å². The lowest BCUT2D eigenvalue weighted by atomic mass is 10.1. The molecule has 178 valence electrons. The molecule has 3 aromatic rings. The first-order valence-corrected chi connectivity index (χ1v) is 9.11. The lowest BCUT2D eigenvalue weighted by molar-refractivity contribution is -0.384. The van der Waals surface area contributed by atoms with Crippen molar-refractivity contribution >= 4 is 34.1 Å². The molecule has 0 aromatic heterocycles. The van der Waals surface area contributed by atoms with E-state index in [1.165, 1.54) is 24.3 Å². The predicted octanol–water partition coefficient (Wildman–Crippen LogP) is 7.03. The zero-order valence-electron chi connectivity index (χ0n) is 16.6. The molecule has 0 fully saturated rings. The van der Waals surface area contributed by atoms with E-state index in [9.17, 15) is 46.6 Å². The van der Waals surface area contributed by atoms with Crippen LogP contribution in [0.4, 0.5) is 60.5 Å². The average Bonchev–Trinajstić information content (AvgIpc) is 2.72. The van der Waals surface area contributed by atoms with Crippen LogP contribution in [-0.2, 0) is 12.4 Å². The number of nitrogens with zero attached hydrogens (tertiary/aromatic N) is 2. The molecule has 0 bridgehead atoms. The second-order valence-electron chi connectivity index (χ2n) is 6.80. The minimum absolute atomic E-state index is 0.155. The maximum absolute atomic E-state index is 12.9. The van der Waals surface area contributed by atoms with Gasteiger partial charge in [-0.05, 0) is 42.5 Å². The molecular formula is C20H12F6N4O4. The third kappa shape index (κ3) is 5.51. The summed E-state index contributed by atoms with van der Waals surface area (Å²) < 4.78 is 77.2. The lowest BCUT2D eigenvalue weighted by Crippen LogP contribution is -2.07. The maximum atomic E-state index is 12.9. The topological polar surface area (TPSA) is 110 Å². The first-order chi connectivity index (χ1) is 15.8. The van der Waals surface area contributed by atoms with Gasteiger partial charge >= 0.3 is 12.4 Å². The Morgan fingerprint density at radius 1 is 0.618 bits per heavy atom. The van der Waals surface area contributed by atoms with Gasteiger partial charge in [-0.1, -0.05) is 6.07 Å². The summed E-state index contributed by atoms with van der Waals surface area (Å²) >= 11 is 0. The van der Waals surface area contributed by atoms with Crippen molar-refractivity contribution in [2.45, 2.75) is 12.4 Å². The first kappa shape index (κ1) is 24.3. The third-order valence-electron chi connectivity index (χ3n) is 4.46. The Bertz CT molecular complexity index is 1170. The van der Waals surface area contributed by atoms with Gasteiger partial charge in [0.05, 0.1) is 21.0 Å². The molecule has 0 atom stereocenters. The molecular weight excluding hydrogens is 474 g/mol. The lowest BCUT2D eigenvalue weighted by Gasteiger charge is -2.13. The van der Waals surface area contributed by atoms with Crippen LogP contribution < -0.4 is 10.6 Å². The molecule has 3 aromatic carbocycles. The Kier molecular flexibility index (Phi) is 6.34. The van der Waals surface area contributed by atoms with E-state index in [1.54, 1.807) is 0 Å². The van der Waals surface area contributed by atoms with Gasteiger partial charge in [0.2, 0.25) is 0 Å². The Hall–Kier alpha value is -4.36. The standard InChI is InChI=1S/C20H12F6N4O4/c21-19(22,23)11-4-6-15(17(8-11)29(31)32)27-13-2-1-3-14(10-13)28-16-7-5-12(20(24,25)26)9-18(16)30(33)34/h1-10,27-28H. The highest BCUT2D eigenvalue weighted by molar-refractivity contribution is 5.75. The second-order valence-corrected chi connectivity index (χ2v) is 6.80. The summed E-state index contributed by atoms with van der Waals surface area (Å²) in [5.74, 6) is 0. The normalized spacial score (nSPS) is 11.7. The predicted molar refractivity (Wildman–Crippen MR) is 109 cm³/mol. The summed E-state index contributed by atoms with van der Waals surface area (Å²) in [5.41, 5.74) is -4.31. The number of rotatable bonds is 6. The van der Waals surface area contributed by atoms with Crippen LogP contribution in [0.25, 0.3) is 0 Å². The molecule has 0 aliphatic rings. The molecule has 14 heteroatoms. The Labute approximate surface area is 186 Å². The third-order valence-corrected chi connectivity index (χ3v) is 4.46. The van der Waals surface area contributed by atoms with E-state index in [0.29, 0.717) is 24.3 Å². The minimum atomic E-state index is -4.79. The van der Waals surface area contributed by atoms with E-state index in [0.717, 1.165) is 12.1 Å². The summed E-state index contributed by atoms with van der Waals surface area (Å²) in [4.78, 5) is 20.5. The van der Waals surface area contributed by atoms with Gasteiger partial charge < -0.3 is 10.6 Å². The zero-order chi connectivity index (χ0) is 25.3. The smallest absolute Gasteiger partial charge is 0.350 e. The molecule has 0 radical (unpaired) electrons. The molecule has 8 nitrogen and oxygen atoms in total. The maximum Gasteiger partial charge on any atom is 0.416 e. The monoisotopic (exact) mass is 486 g/mol. The van der Waals surface area contributed by atoms with E-state index in [2.05, 4.69) is 10.6 Å². The van der Waals surface area contributed by atoms with Crippen molar-refractivity contribution in [3.63, 3.8) is 0 Å². The SMILES string of the molecule is O=[N+]([O-])c1cc(C(F)(F)F)ccc1Nc1cccc(Nc2ccc(C(F)(F)F)cc2[N+](=O)[O-])c1. The van der Waals surface area contributed by atoms with Crippen LogP contribution in [0.15, 0.2) is 60.7 Å². The second kappa shape index (κ2) is 8.88. The van der Waals surface area contributed by atoms with Crippen molar-refractivity contribution in [2.24, 2.45) is 0 Å². The van der Waals surface area contributed by atoms with Gasteiger partial charge in [-0.3, -0.25) is 20.2 Å². The highest BCUT2D eigenvalue weighted by atomic mass is 19.4. The minimum Gasteiger partial charge on any atom is -0.350 e. The molecule has 0 aliphatic carbocycles. The number of halogens is 6. The van der Waals surface area contributed by atoms with Crippen molar-refractivity contribution in [2.75, 3.05) is 10.6 Å². The highest BCUT2D eigenvalue weighted by Gasteiger charge is 2.34. The fourth-order valence-electron chi connectivity index (χ4n) is 2.92. The van der Waals surface area contributed by atoms with Gasteiger partial charge in [-0.25, -0.2) is 0 Å². The van der Waals surface area contributed by atoms with Gasteiger partial charge in [0, 0.05) is 23.5 Å². The largest absolute Gasteiger partial charge is 0.416 e. The number of nitro groups is 2. The van der Waals surface area contributed by atoms with Gasteiger partial charge in [-0.2, -0.15) is 26.3 Å². The van der Waals surface area contributed by atoms with E-state index in [1.807, 2.05) is 0 Å². The molecule has 0 amide bonds. The Balaban J connectivity index is 1.91. The number of hydrogen-bond acceptors (Lipinski definition) is 6. The summed E-state index contributed by atoms with van der Waals surface area (Å²) in [6, 6.07) is 9.35. The molecule has 0 aliphatic heterocycles. The van der Waals surface area contributed by atoms with Crippen LogP contribution in [-0.4, -0.2) is 9.85 Å². The fraction of sp³-hybridized carbons (Fsp3) is 0.100. The number of hydrogen-bond donors (Lipinski definition) is 2. The molecule has 34 heavy (non-hydrogen) atoms. The van der Waals surface area contributed by atoms with Crippen molar-refractivity contribution in [1.82, 2.24) is 0 Å². The van der Waals surface area contributed by atoms with E-state index in [4.69, 9.17) is 0 Å². The fourth-order valence-corrected chi connectivity index (χ4v) is 2.92. The van der Waals surface area contributed by atoms with Crippen LogP contribution in [0, 0.1) is 20.2 Å². The van der Waals surface area contributed by atoms with Crippen molar-refractivity contribution in [3.05, 3.63) is 92.0 Å². The number of nitro benzene ring substituents is 2. The van der Waals surface area contributed by atoms with E-state index in [-0.39, 0.29) is 22.7 Å². The number of anilines is 4. The van der Waals surface area contributed by atoms with Gasteiger partial charge in [0.25, 0.3) is 11.4 Å². The average molecular weight is 486 g/mol. The van der Waals surface area contributed by atoms with Crippen LogP contribution in [0.2, 0.25) is 0 Å². The molecule has 0 saturated heterocycles. The van der Waals surface area contributed by atoms with Crippen LogP contribution in [0.3, 0.4) is 0 Å². The van der Waals surface area contributed by atoms with Crippen molar-refractivity contribution < 1.29 is 36.2 Å². The van der Waals surface area contributed by atoms with Crippen molar-refractivity contribution in [1.29, 1.82) is 0 Å². The molecule has 0 unspecified atom stereocenters. The molecule has 3 rings (SSSR count). The van der Waals surface area contributed by atoms with Gasteiger partial charge in [0.15, 0.2) is 0 Å². The highest BCUT2D eigenvalue weighted by Crippen LogP contribution is 2.38. The summed E-state index contributed by atoms with van der Waals surface area (Å²) in [6.45, 7) is 0. The number of nitrogens with one attached hydrogen (secondary N) is 2. The zero-order valence-corrected chi connectivity index (χ0v) is 16.6. The van der Waals surface area contributed by atoms with Gasteiger partial charge in [-0.15, -0.1) is 0 Å². The summed E-state index contributed by atoms with van der Waals surface area (Å²) in [5, 5.41) is 27.7. The number of alkyl halides is 6.